The van der Waals surface area contributed by atoms with E-state index in [4.69, 9.17) is 0 Å². The summed E-state index contributed by atoms with van der Waals surface area (Å²) in [6.45, 7) is 0.365. The predicted octanol–water partition coefficient (Wildman–Crippen LogP) is 2.09. The summed E-state index contributed by atoms with van der Waals surface area (Å²) in [6, 6.07) is 16.2. The second kappa shape index (κ2) is 9.32. The molecular weight excluding hydrogens is 372 g/mol. The van der Waals surface area contributed by atoms with E-state index in [1.54, 1.807) is 35.1 Å². The normalized spacial score (nSPS) is 10.2. The first-order valence-electron chi connectivity index (χ1n) is 8.88. The third kappa shape index (κ3) is 5.52. The molecule has 3 aromatic rings. The van der Waals surface area contributed by atoms with E-state index in [0.717, 1.165) is 5.56 Å². The smallest absolute Gasteiger partial charge is 0.325 e. The fraction of sp³-hybridized carbons (Fsp3) is 0.143. The van der Waals surface area contributed by atoms with Gasteiger partial charge in [-0.15, -0.1) is 0 Å². The molecule has 0 saturated heterocycles. The fourth-order valence-electron chi connectivity index (χ4n) is 2.57. The predicted molar refractivity (Wildman–Crippen MR) is 107 cm³/mol. The SMILES string of the molecule is COC(=O)CNC(=O)c1ccc(NC(=O)c2cnn(Cc3ccccc3)c2)cc1. The minimum absolute atomic E-state index is 0.208. The molecule has 0 radical (unpaired) electrons. The van der Waals surface area contributed by atoms with E-state index in [9.17, 15) is 14.4 Å². The highest BCUT2D eigenvalue weighted by Crippen LogP contribution is 2.12. The number of esters is 1. The summed E-state index contributed by atoms with van der Waals surface area (Å²) in [4.78, 5) is 35.4. The number of ether oxygens (including phenoxy) is 1. The number of carbonyl (C=O) groups excluding carboxylic acids is 3. The van der Waals surface area contributed by atoms with Crippen molar-refractivity contribution in [1.82, 2.24) is 15.1 Å². The van der Waals surface area contributed by atoms with E-state index in [1.807, 2.05) is 30.3 Å². The molecule has 1 aromatic heterocycles. The van der Waals surface area contributed by atoms with Gasteiger partial charge in [0.2, 0.25) is 0 Å². The molecular formula is C21H20N4O4. The minimum Gasteiger partial charge on any atom is -0.468 e. The van der Waals surface area contributed by atoms with Gasteiger partial charge in [-0.25, -0.2) is 0 Å². The monoisotopic (exact) mass is 392 g/mol. The highest BCUT2D eigenvalue weighted by atomic mass is 16.5. The maximum Gasteiger partial charge on any atom is 0.325 e. The van der Waals surface area contributed by atoms with E-state index < -0.39 is 11.9 Å². The van der Waals surface area contributed by atoms with Crippen molar-refractivity contribution in [3.05, 3.63) is 83.7 Å². The molecule has 0 bridgehead atoms. The Morgan fingerprint density at radius 3 is 2.38 bits per heavy atom. The number of carbonyl (C=O) groups is 3. The van der Waals surface area contributed by atoms with Gasteiger partial charge in [-0.1, -0.05) is 30.3 Å². The molecule has 8 heteroatoms. The van der Waals surface area contributed by atoms with Gasteiger partial charge in [0.1, 0.15) is 6.54 Å². The molecule has 0 unspecified atom stereocenters. The van der Waals surface area contributed by atoms with Crippen LogP contribution in [0.1, 0.15) is 26.3 Å². The third-order valence-corrected chi connectivity index (χ3v) is 4.11. The van der Waals surface area contributed by atoms with Crippen LogP contribution in [0.15, 0.2) is 67.0 Å². The number of anilines is 1. The Morgan fingerprint density at radius 1 is 0.966 bits per heavy atom. The Morgan fingerprint density at radius 2 is 1.69 bits per heavy atom. The van der Waals surface area contributed by atoms with Gasteiger partial charge in [-0.05, 0) is 29.8 Å². The molecule has 0 atom stereocenters. The quantitative estimate of drug-likeness (QED) is 0.600. The van der Waals surface area contributed by atoms with Gasteiger partial charge < -0.3 is 15.4 Å². The molecule has 2 amide bonds. The Kier molecular flexibility index (Phi) is 6.36. The molecule has 0 saturated carbocycles. The highest BCUT2D eigenvalue weighted by molar-refractivity contribution is 6.04. The summed E-state index contributed by atoms with van der Waals surface area (Å²) in [5.41, 5.74) is 2.42. The number of amides is 2. The molecule has 0 fully saturated rings. The van der Waals surface area contributed by atoms with Gasteiger partial charge in [0.25, 0.3) is 11.8 Å². The largest absolute Gasteiger partial charge is 0.468 e. The fourth-order valence-corrected chi connectivity index (χ4v) is 2.57. The van der Waals surface area contributed by atoms with Crippen molar-refractivity contribution >= 4 is 23.5 Å². The summed E-state index contributed by atoms with van der Waals surface area (Å²) in [5, 5.41) is 9.43. The van der Waals surface area contributed by atoms with E-state index in [1.165, 1.54) is 13.3 Å². The Labute approximate surface area is 167 Å². The van der Waals surface area contributed by atoms with Crippen molar-refractivity contribution < 1.29 is 19.1 Å². The molecule has 2 aromatic carbocycles. The maximum absolute atomic E-state index is 12.4. The van der Waals surface area contributed by atoms with Gasteiger partial charge in [-0.2, -0.15) is 5.10 Å². The van der Waals surface area contributed by atoms with Crippen molar-refractivity contribution in [2.75, 3.05) is 19.0 Å². The number of methoxy groups -OCH3 is 1. The van der Waals surface area contributed by atoms with Crippen LogP contribution in [0.4, 0.5) is 5.69 Å². The van der Waals surface area contributed by atoms with Crippen molar-refractivity contribution in [3.63, 3.8) is 0 Å². The molecule has 0 aliphatic rings. The van der Waals surface area contributed by atoms with Crippen molar-refractivity contribution in [2.45, 2.75) is 6.54 Å². The van der Waals surface area contributed by atoms with Crippen LogP contribution >= 0.6 is 0 Å². The van der Waals surface area contributed by atoms with Crippen LogP contribution in [0.5, 0.6) is 0 Å². The second-order valence-electron chi connectivity index (χ2n) is 6.20. The summed E-state index contributed by atoms with van der Waals surface area (Å²) < 4.78 is 6.16. The van der Waals surface area contributed by atoms with Gasteiger partial charge in [0.15, 0.2) is 0 Å². The number of nitrogens with zero attached hydrogens (tertiary/aromatic N) is 2. The molecule has 0 aliphatic heterocycles. The molecule has 2 N–H and O–H groups in total. The van der Waals surface area contributed by atoms with Crippen LogP contribution in [0.25, 0.3) is 0 Å². The first-order valence-corrected chi connectivity index (χ1v) is 8.88. The number of rotatable bonds is 7. The molecule has 29 heavy (non-hydrogen) atoms. The van der Waals surface area contributed by atoms with Crippen LogP contribution in [-0.4, -0.2) is 41.2 Å². The topological polar surface area (TPSA) is 102 Å². The number of benzene rings is 2. The van der Waals surface area contributed by atoms with Gasteiger partial charge in [0.05, 0.1) is 25.4 Å². The lowest BCUT2D eigenvalue weighted by Crippen LogP contribution is -2.30. The van der Waals surface area contributed by atoms with Gasteiger partial charge in [-0.3, -0.25) is 19.1 Å². The first kappa shape index (κ1) is 19.8. The lowest BCUT2D eigenvalue weighted by atomic mass is 10.2. The zero-order valence-corrected chi connectivity index (χ0v) is 15.8. The van der Waals surface area contributed by atoms with Crippen LogP contribution in [0.3, 0.4) is 0 Å². The summed E-state index contributed by atoms with van der Waals surface area (Å²) >= 11 is 0. The average molecular weight is 392 g/mol. The van der Waals surface area contributed by atoms with E-state index in [0.29, 0.717) is 23.4 Å². The van der Waals surface area contributed by atoms with Gasteiger partial charge >= 0.3 is 5.97 Å². The van der Waals surface area contributed by atoms with Crippen molar-refractivity contribution in [2.24, 2.45) is 0 Å². The Bertz CT molecular complexity index is 997. The lowest BCUT2D eigenvalue weighted by Gasteiger charge is -2.06. The van der Waals surface area contributed by atoms with Crippen molar-refractivity contribution in [3.8, 4) is 0 Å². The van der Waals surface area contributed by atoms with E-state index in [-0.39, 0.29) is 12.5 Å². The number of hydrogen-bond acceptors (Lipinski definition) is 5. The number of aromatic nitrogens is 2. The molecule has 3 rings (SSSR count). The first-order chi connectivity index (χ1) is 14.0. The zero-order chi connectivity index (χ0) is 20.6. The Balaban J connectivity index is 1.57. The zero-order valence-electron chi connectivity index (χ0n) is 15.8. The van der Waals surface area contributed by atoms with Crippen molar-refractivity contribution in [1.29, 1.82) is 0 Å². The van der Waals surface area contributed by atoms with E-state index >= 15 is 0 Å². The van der Waals surface area contributed by atoms with Crippen LogP contribution in [0, 0.1) is 0 Å². The number of hydrogen-bond donors (Lipinski definition) is 2. The summed E-state index contributed by atoms with van der Waals surface area (Å²) in [5.74, 6) is -1.24. The number of nitrogens with one attached hydrogen (secondary N) is 2. The molecule has 0 spiro atoms. The highest BCUT2D eigenvalue weighted by Gasteiger charge is 2.11. The minimum atomic E-state index is -0.532. The lowest BCUT2D eigenvalue weighted by molar-refractivity contribution is -0.139. The summed E-state index contributed by atoms with van der Waals surface area (Å²) in [6.07, 6.45) is 3.18. The third-order valence-electron chi connectivity index (χ3n) is 4.11. The summed E-state index contributed by atoms with van der Waals surface area (Å²) in [7, 11) is 1.25. The standard InChI is InChI=1S/C21H20N4O4/c1-29-19(26)12-22-20(27)16-7-9-18(10-8-16)24-21(28)17-11-23-25(14-17)13-15-5-3-2-4-6-15/h2-11,14H,12-13H2,1H3,(H,22,27)(H,24,28). The molecule has 148 valence electrons. The van der Waals surface area contributed by atoms with Crippen LogP contribution in [-0.2, 0) is 16.1 Å². The second-order valence-corrected chi connectivity index (χ2v) is 6.20. The Hall–Kier alpha value is -3.94. The molecule has 1 heterocycles. The molecule has 8 nitrogen and oxygen atoms in total. The van der Waals surface area contributed by atoms with Crippen LogP contribution in [0.2, 0.25) is 0 Å². The van der Waals surface area contributed by atoms with E-state index in [2.05, 4.69) is 20.5 Å². The average Bonchev–Trinajstić information content (AvgIpc) is 3.21. The van der Waals surface area contributed by atoms with Gasteiger partial charge in [0, 0.05) is 17.4 Å². The molecule has 0 aliphatic carbocycles. The van der Waals surface area contributed by atoms with Crippen LogP contribution < -0.4 is 10.6 Å². The maximum atomic E-state index is 12.4.